The maximum atomic E-state index is 6.08. The molecule has 0 saturated heterocycles. The highest BCUT2D eigenvalue weighted by Crippen LogP contribution is 2.47. The van der Waals surface area contributed by atoms with Gasteiger partial charge >= 0.3 is 17.2 Å². The van der Waals surface area contributed by atoms with Crippen LogP contribution in [0.3, 0.4) is 0 Å². The highest BCUT2D eigenvalue weighted by molar-refractivity contribution is 7.46. The Morgan fingerprint density at radius 2 is 0.615 bits per heavy atom. The molecule has 158 valence electrons. The van der Waals surface area contributed by atoms with Crippen LogP contribution >= 0.6 is 17.2 Å². The van der Waals surface area contributed by atoms with Gasteiger partial charge in [-0.1, -0.05) is 0 Å². The molecule has 0 spiro atoms. The third-order valence-corrected chi connectivity index (χ3v) is 13.8. The van der Waals surface area contributed by atoms with Gasteiger partial charge in [-0.25, -0.2) is 0 Å². The maximum absolute atomic E-state index is 6.08. The van der Waals surface area contributed by atoms with E-state index in [-0.39, 0.29) is 0 Å². The van der Waals surface area contributed by atoms with E-state index in [1.807, 2.05) is 0 Å². The van der Waals surface area contributed by atoms with Crippen LogP contribution in [0.25, 0.3) is 0 Å². The Kier molecular flexibility index (Phi) is 11.7. The first-order chi connectivity index (χ1) is 11.4. The molecule has 0 aliphatic heterocycles. The van der Waals surface area contributed by atoms with Crippen molar-refractivity contribution in [3.63, 3.8) is 0 Å². The molecular weight excluding hydrogens is 438 g/mol. The summed E-state index contributed by atoms with van der Waals surface area (Å²) >= 11 is 0. The fourth-order valence-corrected chi connectivity index (χ4v) is 10.7. The molecule has 0 N–H and O–H groups in total. The normalized spacial score (nSPS) is 14.5. The van der Waals surface area contributed by atoms with Crippen LogP contribution in [0, 0.1) is 0 Å². The van der Waals surface area contributed by atoms with E-state index in [9.17, 15) is 0 Å². The fourth-order valence-electron chi connectivity index (χ4n) is 1.26. The van der Waals surface area contributed by atoms with E-state index < -0.39 is 50.5 Å². The smallest absolute Gasteiger partial charge is 0.311 e. The van der Waals surface area contributed by atoms with E-state index in [4.69, 9.17) is 25.9 Å². The quantitative estimate of drug-likeness (QED) is 0.163. The Morgan fingerprint density at radius 3 is 0.769 bits per heavy atom. The van der Waals surface area contributed by atoms with Crippen LogP contribution in [0.4, 0.5) is 0 Å². The average molecular weight is 479 g/mol. The molecule has 26 heavy (non-hydrogen) atoms. The summed E-state index contributed by atoms with van der Waals surface area (Å²) in [4.78, 5) is 0. The topological polar surface area (TPSA) is 55.4 Å². The van der Waals surface area contributed by atoms with Crippen LogP contribution < -0.4 is 0 Å². The van der Waals surface area contributed by atoms with Gasteiger partial charge in [0, 0.05) is 0 Å². The number of hydrogen-bond donors (Lipinski definition) is 0. The molecule has 0 bridgehead atoms. The number of hydrogen-bond acceptors (Lipinski definition) is 6. The van der Waals surface area contributed by atoms with Crippen LogP contribution in [0.5, 0.6) is 0 Å². The first kappa shape index (κ1) is 27.5. The van der Waals surface area contributed by atoms with Crippen LogP contribution in [0.1, 0.15) is 0 Å². The SMILES string of the molecule is C[Si](C)(C)OP(OCCOP(O[Si](C)(C)C)O[Si](C)(C)C)O[Si](C)(C)C. The summed E-state index contributed by atoms with van der Waals surface area (Å²) in [6.45, 7) is 26.5. The van der Waals surface area contributed by atoms with Crippen molar-refractivity contribution in [2.45, 2.75) is 78.6 Å². The summed E-state index contributed by atoms with van der Waals surface area (Å²) in [5.74, 6) is 0. The summed E-state index contributed by atoms with van der Waals surface area (Å²) in [7, 11) is -9.63. The highest BCUT2D eigenvalue weighted by Gasteiger charge is 2.31. The third kappa shape index (κ3) is 18.8. The lowest BCUT2D eigenvalue weighted by molar-refractivity contribution is 0.183. The summed E-state index contributed by atoms with van der Waals surface area (Å²) in [6, 6.07) is 0. The zero-order chi connectivity index (χ0) is 20.8. The average Bonchev–Trinajstić information content (AvgIpc) is 2.25. The van der Waals surface area contributed by atoms with E-state index in [1.54, 1.807) is 0 Å². The molecular formula is C14H40O6P2Si4. The summed E-state index contributed by atoms with van der Waals surface area (Å²) < 4.78 is 36.1. The Morgan fingerprint density at radius 1 is 0.423 bits per heavy atom. The van der Waals surface area contributed by atoms with Crippen molar-refractivity contribution < 1.29 is 25.9 Å². The predicted octanol–water partition coefficient (Wildman–Crippen LogP) is 6.88. The molecule has 0 radical (unpaired) electrons. The molecule has 0 rings (SSSR count). The van der Waals surface area contributed by atoms with Gasteiger partial charge in [0.15, 0.2) is 33.3 Å². The molecule has 0 amide bonds. The van der Waals surface area contributed by atoms with Crippen LogP contribution in [0.2, 0.25) is 78.6 Å². The lowest BCUT2D eigenvalue weighted by Crippen LogP contribution is -2.29. The van der Waals surface area contributed by atoms with Gasteiger partial charge in [-0.3, -0.25) is 0 Å². The molecule has 0 unspecified atom stereocenters. The molecule has 0 aliphatic carbocycles. The molecule has 0 aromatic carbocycles. The Balaban J connectivity index is 4.59. The van der Waals surface area contributed by atoms with Gasteiger partial charge in [0.1, 0.15) is 0 Å². The van der Waals surface area contributed by atoms with Crippen molar-refractivity contribution >= 4 is 50.5 Å². The lowest BCUT2D eigenvalue weighted by atomic mass is 10.8. The van der Waals surface area contributed by atoms with Crippen LogP contribution in [-0.2, 0) is 25.9 Å². The minimum absolute atomic E-state index is 0.406. The Hall–Kier alpha value is 1.49. The minimum Gasteiger partial charge on any atom is -0.355 e. The third-order valence-electron chi connectivity index (χ3n) is 1.87. The molecule has 0 heterocycles. The Labute approximate surface area is 168 Å². The van der Waals surface area contributed by atoms with Gasteiger partial charge in [-0.05, 0) is 78.6 Å². The fraction of sp³-hybridized carbons (Fsp3) is 1.00. The zero-order valence-electron chi connectivity index (χ0n) is 18.8. The van der Waals surface area contributed by atoms with Gasteiger partial charge in [-0.2, -0.15) is 0 Å². The van der Waals surface area contributed by atoms with Crippen molar-refractivity contribution in [2.75, 3.05) is 13.2 Å². The van der Waals surface area contributed by atoms with Crippen molar-refractivity contribution in [1.29, 1.82) is 0 Å². The van der Waals surface area contributed by atoms with E-state index in [1.165, 1.54) is 0 Å². The van der Waals surface area contributed by atoms with Crippen molar-refractivity contribution in [3.8, 4) is 0 Å². The second kappa shape index (κ2) is 11.0. The van der Waals surface area contributed by atoms with E-state index in [2.05, 4.69) is 78.6 Å². The summed E-state index contributed by atoms with van der Waals surface area (Å²) in [5.41, 5.74) is 0. The zero-order valence-corrected chi connectivity index (χ0v) is 24.5. The maximum Gasteiger partial charge on any atom is 0.311 e. The van der Waals surface area contributed by atoms with E-state index in [0.717, 1.165) is 0 Å². The number of rotatable bonds is 13. The van der Waals surface area contributed by atoms with Gasteiger partial charge in [0.2, 0.25) is 0 Å². The largest absolute Gasteiger partial charge is 0.355 e. The molecule has 0 aliphatic rings. The van der Waals surface area contributed by atoms with Crippen LogP contribution in [0.15, 0.2) is 0 Å². The molecule has 12 heteroatoms. The highest BCUT2D eigenvalue weighted by atomic mass is 31.2. The second-order valence-corrected chi connectivity index (χ2v) is 31.2. The molecule has 0 aromatic heterocycles. The van der Waals surface area contributed by atoms with Gasteiger partial charge in [0.05, 0.1) is 13.2 Å². The molecule has 0 fully saturated rings. The molecule has 0 saturated carbocycles. The van der Waals surface area contributed by atoms with E-state index in [0.29, 0.717) is 13.2 Å². The predicted molar refractivity (Wildman–Crippen MR) is 123 cm³/mol. The Bertz CT molecular complexity index is 334. The first-order valence-corrected chi connectivity index (χ1v) is 24.8. The lowest BCUT2D eigenvalue weighted by Gasteiger charge is -2.30. The molecule has 6 nitrogen and oxygen atoms in total. The first-order valence-electron chi connectivity index (χ1n) is 8.99. The monoisotopic (exact) mass is 478 g/mol. The van der Waals surface area contributed by atoms with Gasteiger partial charge in [0.25, 0.3) is 0 Å². The van der Waals surface area contributed by atoms with Crippen molar-refractivity contribution in [1.82, 2.24) is 0 Å². The van der Waals surface area contributed by atoms with Crippen LogP contribution in [-0.4, -0.2) is 46.5 Å². The van der Waals surface area contributed by atoms with Gasteiger partial charge < -0.3 is 25.9 Å². The van der Waals surface area contributed by atoms with Crippen molar-refractivity contribution in [2.24, 2.45) is 0 Å². The standard InChI is InChI=1S/C14H40O6P2Si4/c1-23(2,3)17-21(18-24(4,5)6)15-13-14-16-22(19-25(7,8)9)20-26(10,11)12/h13-14H2,1-12H3. The molecule has 0 aromatic rings. The summed E-state index contributed by atoms with van der Waals surface area (Å²) in [5, 5.41) is 0. The van der Waals surface area contributed by atoms with Crippen molar-refractivity contribution in [3.05, 3.63) is 0 Å². The second-order valence-electron chi connectivity index (χ2n) is 9.93. The van der Waals surface area contributed by atoms with E-state index >= 15 is 0 Å². The summed E-state index contributed by atoms with van der Waals surface area (Å²) in [6.07, 6.45) is 0. The minimum atomic E-state index is -1.74. The molecule has 0 atom stereocenters. The van der Waals surface area contributed by atoms with Gasteiger partial charge in [-0.15, -0.1) is 0 Å².